The van der Waals surface area contributed by atoms with Crippen molar-refractivity contribution in [3.8, 4) is 6.07 Å². The van der Waals surface area contributed by atoms with Gasteiger partial charge in [0.2, 0.25) is 5.91 Å². The first-order valence-corrected chi connectivity index (χ1v) is 5.83. The number of carbonyl (C=O) groups is 1. The molecule has 1 aliphatic heterocycles. The van der Waals surface area contributed by atoms with E-state index >= 15 is 0 Å². The number of benzene rings is 1. The molecule has 2 N–H and O–H groups in total. The summed E-state index contributed by atoms with van der Waals surface area (Å²) in [6.45, 7) is 3.45. The topological polar surface area (TPSA) is 64.9 Å². The quantitative estimate of drug-likeness (QED) is 0.832. The molecule has 0 aromatic heterocycles. The van der Waals surface area contributed by atoms with Crippen molar-refractivity contribution in [2.75, 3.05) is 18.4 Å². The van der Waals surface area contributed by atoms with Gasteiger partial charge in [-0.2, -0.15) is 5.26 Å². The van der Waals surface area contributed by atoms with Crippen LogP contribution in [0.15, 0.2) is 18.2 Å². The second-order valence-electron chi connectivity index (χ2n) is 4.53. The molecule has 0 unspecified atom stereocenters. The Morgan fingerprint density at radius 1 is 1.56 bits per heavy atom. The molecule has 0 bridgehead atoms. The second kappa shape index (κ2) is 5.15. The summed E-state index contributed by atoms with van der Waals surface area (Å²) in [5, 5.41) is 14.7. The van der Waals surface area contributed by atoms with Gasteiger partial charge in [0.15, 0.2) is 0 Å². The van der Waals surface area contributed by atoms with Crippen LogP contribution in [0.3, 0.4) is 0 Å². The molecule has 5 heteroatoms. The first kappa shape index (κ1) is 12.5. The molecular weight excluding hydrogens is 233 g/mol. The average Bonchev–Trinajstić information content (AvgIpc) is 2.77. The number of nitrogens with one attached hydrogen (secondary N) is 2. The highest BCUT2D eigenvalue weighted by molar-refractivity contribution is 5.94. The monoisotopic (exact) mass is 247 g/mol. The van der Waals surface area contributed by atoms with E-state index in [9.17, 15) is 9.18 Å². The van der Waals surface area contributed by atoms with Gasteiger partial charge in [0, 0.05) is 6.54 Å². The number of hydrogen-bond acceptors (Lipinski definition) is 3. The molecule has 1 aliphatic rings. The summed E-state index contributed by atoms with van der Waals surface area (Å²) in [4.78, 5) is 12.0. The largest absolute Gasteiger partial charge is 0.325 e. The minimum atomic E-state index is -0.486. The number of nitrogens with zero attached hydrogens (tertiary/aromatic N) is 1. The zero-order chi connectivity index (χ0) is 13.1. The van der Waals surface area contributed by atoms with E-state index in [4.69, 9.17) is 5.26 Å². The molecule has 1 aromatic rings. The van der Waals surface area contributed by atoms with Crippen molar-refractivity contribution in [3.63, 3.8) is 0 Å². The van der Waals surface area contributed by atoms with Crippen molar-refractivity contribution in [1.82, 2.24) is 5.32 Å². The first-order valence-electron chi connectivity index (χ1n) is 5.83. The average molecular weight is 247 g/mol. The molecule has 18 heavy (non-hydrogen) atoms. The SMILES string of the molecule is C[C@@H]1CNC[C@H]1C(=O)Nc1ccc(F)cc1C#N. The third-order valence-electron chi connectivity index (χ3n) is 3.21. The van der Waals surface area contributed by atoms with Gasteiger partial charge in [-0.1, -0.05) is 6.92 Å². The third kappa shape index (κ3) is 2.49. The molecule has 2 rings (SSSR count). The van der Waals surface area contributed by atoms with E-state index < -0.39 is 5.82 Å². The van der Waals surface area contributed by atoms with Gasteiger partial charge in [-0.05, 0) is 30.7 Å². The Morgan fingerprint density at radius 3 is 2.94 bits per heavy atom. The van der Waals surface area contributed by atoms with Crippen molar-refractivity contribution in [2.24, 2.45) is 11.8 Å². The first-order chi connectivity index (χ1) is 8.61. The third-order valence-corrected chi connectivity index (χ3v) is 3.21. The Hall–Kier alpha value is -1.93. The molecule has 0 spiro atoms. The normalized spacial score (nSPS) is 22.5. The van der Waals surface area contributed by atoms with Gasteiger partial charge in [-0.3, -0.25) is 4.79 Å². The predicted octanol–water partition coefficient (Wildman–Crippen LogP) is 1.49. The van der Waals surface area contributed by atoms with E-state index in [0.717, 1.165) is 12.6 Å². The summed E-state index contributed by atoms with van der Waals surface area (Å²) in [6.07, 6.45) is 0. The number of halogens is 1. The minimum absolute atomic E-state index is 0.110. The van der Waals surface area contributed by atoms with Crippen LogP contribution in [-0.4, -0.2) is 19.0 Å². The highest BCUT2D eigenvalue weighted by Crippen LogP contribution is 2.21. The predicted molar refractivity (Wildman–Crippen MR) is 65.3 cm³/mol. The lowest BCUT2D eigenvalue weighted by molar-refractivity contribution is -0.120. The Morgan fingerprint density at radius 2 is 2.33 bits per heavy atom. The number of hydrogen-bond donors (Lipinski definition) is 2. The van der Waals surface area contributed by atoms with Gasteiger partial charge < -0.3 is 10.6 Å². The number of carbonyl (C=O) groups excluding carboxylic acids is 1. The van der Waals surface area contributed by atoms with Gasteiger partial charge in [-0.25, -0.2) is 4.39 Å². The molecule has 0 saturated carbocycles. The lowest BCUT2D eigenvalue weighted by Crippen LogP contribution is -2.28. The summed E-state index contributed by atoms with van der Waals surface area (Å²) in [5.74, 6) is -0.464. The molecule has 0 aliphatic carbocycles. The van der Waals surface area contributed by atoms with E-state index in [1.54, 1.807) is 0 Å². The number of amides is 1. The Labute approximate surface area is 105 Å². The van der Waals surface area contributed by atoms with Crippen molar-refractivity contribution in [3.05, 3.63) is 29.6 Å². The molecule has 94 valence electrons. The maximum Gasteiger partial charge on any atom is 0.229 e. The van der Waals surface area contributed by atoms with Crippen molar-refractivity contribution in [2.45, 2.75) is 6.92 Å². The minimum Gasteiger partial charge on any atom is -0.325 e. The van der Waals surface area contributed by atoms with Gasteiger partial charge >= 0.3 is 0 Å². The smallest absolute Gasteiger partial charge is 0.229 e. The number of nitriles is 1. The zero-order valence-corrected chi connectivity index (χ0v) is 10.0. The van der Waals surface area contributed by atoms with E-state index in [-0.39, 0.29) is 23.3 Å². The van der Waals surface area contributed by atoms with Crippen LogP contribution in [0.4, 0.5) is 10.1 Å². The van der Waals surface area contributed by atoms with Gasteiger partial charge in [0.25, 0.3) is 0 Å². The highest BCUT2D eigenvalue weighted by atomic mass is 19.1. The molecule has 1 aromatic carbocycles. The maximum absolute atomic E-state index is 13.0. The Kier molecular flexibility index (Phi) is 3.58. The van der Waals surface area contributed by atoms with Crippen LogP contribution in [0.5, 0.6) is 0 Å². The van der Waals surface area contributed by atoms with Gasteiger partial charge in [-0.15, -0.1) is 0 Å². The van der Waals surface area contributed by atoms with Crippen LogP contribution in [0.2, 0.25) is 0 Å². The van der Waals surface area contributed by atoms with Crippen molar-refractivity contribution in [1.29, 1.82) is 5.26 Å². The molecule has 1 fully saturated rings. The summed E-state index contributed by atoms with van der Waals surface area (Å²) in [6, 6.07) is 5.63. The lowest BCUT2D eigenvalue weighted by atomic mass is 9.97. The summed E-state index contributed by atoms with van der Waals surface area (Å²) >= 11 is 0. The van der Waals surface area contributed by atoms with E-state index in [1.807, 2.05) is 13.0 Å². The maximum atomic E-state index is 13.0. The lowest BCUT2D eigenvalue weighted by Gasteiger charge is -2.14. The molecule has 1 amide bonds. The molecule has 1 saturated heterocycles. The fourth-order valence-electron chi connectivity index (χ4n) is 2.10. The van der Waals surface area contributed by atoms with E-state index in [0.29, 0.717) is 12.2 Å². The summed E-state index contributed by atoms with van der Waals surface area (Å²) in [7, 11) is 0. The highest BCUT2D eigenvalue weighted by Gasteiger charge is 2.29. The molecule has 0 radical (unpaired) electrons. The van der Waals surface area contributed by atoms with Crippen LogP contribution in [0, 0.1) is 29.0 Å². The molecule has 4 nitrogen and oxygen atoms in total. The van der Waals surface area contributed by atoms with Crippen LogP contribution in [-0.2, 0) is 4.79 Å². The molecular formula is C13H14FN3O. The van der Waals surface area contributed by atoms with Crippen LogP contribution < -0.4 is 10.6 Å². The van der Waals surface area contributed by atoms with Crippen molar-refractivity contribution < 1.29 is 9.18 Å². The van der Waals surface area contributed by atoms with E-state index in [2.05, 4.69) is 10.6 Å². The van der Waals surface area contributed by atoms with Crippen LogP contribution in [0.1, 0.15) is 12.5 Å². The molecule has 2 atom stereocenters. The zero-order valence-electron chi connectivity index (χ0n) is 10.0. The summed E-state index contributed by atoms with van der Waals surface area (Å²) in [5.41, 5.74) is 0.505. The summed E-state index contributed by atoms with van der Waals surface area (Å²) < 4.78 is 13.0. The molecule has 1 heterocycles. The van der Waals surface area contributed by atoms with Gasteiger partial charge in [0.05, 0.1) is 17.2 Å². The van der Waals surface area contributed by atoms with Gasteiger partial charge in [0.1, 0.15) is 11.9 Å². The fourth-order valence-corrected chi connectivity index (χ4v) is 2.10. The second-order valence-corrected chi connectivity index (χ2v) is 4.53. The number of rotatable bonds is 2. The Balaban J connectivity index is 2.14. The number of anilines is 1. The van der Waals surface area contributed by atoms with Crippen LogP contribution >= 0.6 is 0 Å². The van der Waals surface area contributed by atoms with E-state index in [1.165, 1.54) is 12.1 Å². The van der Waals surface area contributed by atoms with Crippen LogP contribution in [0.25, 0.3) is 0 Å². The fraction of sp³-hybridized carbons (Fsp3) is 0.385. The standard InChI is InChI=1S/C13H14FN3O/c1-8-6-16-7-11(8)13(18)17-12-3-2-10(14)4-9(12)5-15/h2-4,8,11,16H,6-7H2,1H3,(H,17,18)/t8-,11-/m1/s1. The van der Waals surface area contributed by atoms with Crippen molar-refractivity contribution >= 4 is 11.6 Å². The Bertz CT molecular complexity index is 509.